The van der Waals surface area contributed by atoms with Crippen molar-refractivity contribution in [1.29, 1.82) is 0 Å². The van der Waals surface area contributed by atoms with Gasteiger partial charge in [-0.15, -0.1) is 0 Å². The molecule has 1 saturated heterocycles. The number of ether oxygens (including phenoxy) is 1. The Morgan fingerprint density at radius 3 is 2.54 bits per heavy atom. The normalized spacial score (nSPS) is 24.6. The molecule has 0 radical (unpaired) electrons. The molecule has 0 spiro atoms. The molecule has 3 nitrogen and oxygen atoms in total. The molecule has 1 fully saturated rings. The summed E-state index contributed by atoms with van der Waals surface area (Å²) in [6.45, 7) is 9.36. The van der Waals surface area contributed by atoms with Crippen LogP contribution in [0.3, 0.4) is 0 Å². The van der Waals surface area contributed by atoms with E-state index in [0.717, 1.165) is 19.6 Å². The molecular weight excluding hydrogens is 166 g/mol. The van der Waals surface area contributed by atoms with Crippen LogP contribution in [0.15, 0.2) is 0 Å². The maximum absolute atomic E-state index is 11.9. The van der Waals surface area contributed by atoms with Crippen LogP contribution < -0.4 is 0 Å². The van der Waals surface area contributed by atoms with E-state index in [9.17, 15) is 4.79 Å². The first-order valence-corrected chi connectivity index (χ1v) is 4.85. The number of hydrogen-bond donors (Lipinski definition) is 0. The fourth-order valence-corrected chi connectivity index (χ4v) is 1.46. The highest BCUT2D eigenvalue weighted by Crippen LogP contribution is 2.21. The van der Waals surface area contributed by atoms with Crippen molar-refractivity contribution in [3.8, 4) is 0 Å². The first-order valence-electron chi connectivity index (χ1n) is 4.85. The Hall–Kier alpha value is -0.570. The van der Waals surface area contributed by atoms with Gasteiger partial charge >= 0.3 is 0 Å². The lowest BCUT2D eigenvalue weighted by Crippen LogP contribution is -2.49. The molecule has 0 N–H and O–H groups in total. The standard InChI is InChI=1S/C10H19NO2/c1-8-11(6-5-7-13-8)9(12)10(2,3)4/h8H,5-7H2,1-4H3. The first-order chi connectivity index (χ1) is 5.93. The van der Waals surface area contributed by atoms with Crippen LogP contribution in [0.4, 0.5) is 0 Å². The zero-order valence-electron chi connectivity index (χ0n) is 8.96. The van der Waals surface area contributed by atoms with E-state index >= 15 is 0 Å². The molecule has 0 aromatic carbocycles. The van der Waals surface area contributed by atoms with Crippen LogP contribution in [0.5, 0.6) is 0 Å². The van der Waals surface area contributed by atoms with Crippen LogP contribution in [0, 0.1) is 5.41 Å². The molecule has 0 aliphatic carbocycles. The van der Waals surface area contributed by atoms with Crippen LogP contribution in [-0.4, -0.2) is 30.2 Å². The minimum atomic E-state index is -0.297. The van der Waals surface area contributed by atoms with Crippen LogP contribution in [0.1, 0.15) is 34.1 Å². The molecule has 13 heavy (non-hydrogen) atoms. The molecule has 1 unspecified atom stereocenters. The molecule has 76 valence electrons. The Morgan fingerprint density at radius 1 is 1.46 bits per heavy atom. The average molecular weight is 185 g/mol. The Balaban J connectivity index is 2.64. The summed E-state index contributed by atoms with van der Waals surface area (Å²) in [5.41, 5.74) is -0.297. The predicted octanol–water partition coefficient (Wildman–Crippen LogP) is 1.63. The number of rotatable bonds is 0. The van der Waals surface area contributed by atoms with Crippen molar-refractivity contribution in [2.24, 2.45) is 5.41 Å². The van der Waals surface area contributed by atoms with Gasteiger partial charge in [0.2, 0.25) is 5.91 Å². The molecule has 0 bridgehead atoms. The van der Waals surface area contributed by atoms with E-state index in [-0.39, 0.29) is 17.6 Å². The van der Waals surface area contributed by atoms with E-state index in [1.165, 1.54) is 0 Å². The van der Waals surface area contributed by atoms with Gasteiger partial charge in [-0.2, -0.15) is 0 Å². The van der Waals surface area contributed by atoms with Crippen molar-refractivity contribution < 1.29 is 9.53 Å². The van der Waals surface area contributed by atoms with Crippen LogP contribution in [0.25, 0.3) is 0 Å². The van der Waals surface area contributed by atoms with Gasteiger partial charge in [-0.3, -0.25) is 4.79 Å². The van der Waals surface area contributed by atoms with Crippen LogP contribution in [-0.2, 0) is 9.53 Å². The van der Waals surface area contributed by atoms with Gasteiger partial charge < -0.3 is 9.64 Å². The van der Waals surface area contributed by atoms with E-state index in [2.05, 4.69) is 0 Å². The highest BCUT2D eigenvalue weighted by atomic mass is 16.5. The fraction of sp³-hybridized carbons (Fsp3) is 0.900. The molecule has 1 heterocycles. The van der Waals surface area contributed by atoms with Crippen molar-refractivity contribution in [1.82, 2.24) is 4.90 Å². The topological polar surface area (TPSA) is 29.5 Å². The lowest BCUT2D eigenvalue weighted by Gasteiger charge is -2.37. The highest BCUT2D eigenvalue weighted by Gasteiger charge is 2.31. The van der Waals surface area contributed by atoms with Crippen LogP contribution >= 0.6 is 0 Å². The Morgan fingerprint density at radius 2 is 2.08 bits per heavy atom. The number of carbonyl (C=O) groups excluding carboxylic acids is 1. The summed E-state index contributed by atoms with van der Waals surface area (Å²) in [5, 5.41) is 0. The van der Waals surface area contributed by atoms with Gasteiger partial charge in [-0.05, 0) is 13.3 Å². The summed E-state index contributed by atoms with van der Waals surface area (Å²) in [5.74, 6) is 0.180. The Labute approximate surface area is 80.1 Å². The van der Waals surface area contributed by atoms with E-state index in [0.29, 0.717) is 0 Å². The molecule has 1 rings (SSSR count). The minimum absolute atomic E-state index is 0.0551. The van der Waals surface area contributed by atoms with Gasteiger partial charge in [0.1, 0.15) is 6.23 Å². The number of amides is 1. The summed E-state index contributed by atoms with van der Waals surface area (Å²) in [7, 11) is 0. The second kappa shape index (κ2) is 3.66. The van der Waals surface area contributed by atoms with Gasteiger partial charge in [0.15, 0.2) is 0 Å². The molecule has 1 aliphatic heterocycles. The zero-order chi connectivity index (χ0) is 10.1. The molecule has 1 aliphatic rings. The molecule has 0 aromatic heterocycles. The number of nitrogens with zero attached hydrogens (tertiary/aromatic N) is 1. The number of hydrogen-bond acceptors (Lipinski definition) is 2. The van der Waals surface area contributed by atoms with Gasteiger partial charge in [0.25, 0.3) is 0 Å². The fourth-order valence-electron chi connectivity index (χ4n) is 1.46. The van der Waals surface area contributed by atoms with Crippen molar-refractivity contribution in [3.63, 3.8) is 0 Å². The SMILES string of the molecule is CC1OCCCN1C(=O)C(C)(C)C. The van der Waals surface area contributed by atoms with E-state index < -0.39 is 0 Å². The monoisotopic (exact) mass is 185 g/mol. The summed E-state index contributed by atoms with van der Waals surface area (Å²) in [6, 6.07) is 0. The Bertz CT molecular complexity index is 196. The molecule has 0 aromatic rings. The van der Waals surface area contributed by atoms with Gasteiger partial charge in [-0.25, -0.2) is 0 Å². The summed E-state index contributed by atoms with van der Waals surface area (Å²) in [4.78, 5) is 13.7. The quantitative estimate of drug-likeness (QED) is 0.574. The molecule has 1 amide bonds. The van der Waals surface area contributed by atoms with Crippen molar-refractivity contribution >= 4 is 5.91 Å². The summed E-state index contributed by atoms with van der Waals surface area (Å²) >= 11 is 0. The third-order valence-electron chi connectivity index (χ3n) is 2.24. The van der Waals surface area contributed by atoms with Crippen LogP contribution in [0.2, 0.25) is 0 Å². The second-order valence-electron chi connectivity index (χ2n) is 4.57. The smallest absolute Gasteiger partial charge is 0.229 e. The number of carbonyl (C=O) groups is 1. The van der Waals surface area contributed by atoms with Gasteiger partial charge in [0, 0.05) is 12.0 Å². The average Bonchev–Trinajstić information content (AvgIpc) is 2.02. The minimum Gasteiger partial charge on any atom is -0.359 e. The van der Waals surface area contributed by atoms with Gasteiger partial charge in [-0.1, -0.05) is 20.8 Å². The van der Waals surface area contributed by atoms with Gasteiger partial charge in [0.05, 0.1) is 6.61 Å². The maximum atomic E-state index is 11.9. The second-order valence-corrected chi connectivity index (χ2v) is 4.57. The predicted molar refractivity (Wildman–Crippen MR) is 51.2 cm³/mol. The van der Waals surface area contributed by atoms with E-state index in [4.69, 9.17) is 4.74 Å². The molecule has 0 saturated carbocycles. The summed E-state index contributed by atoms with van der Waals surface area (Å²) in [6.07, 6.45) is 0.895. The third-order valence-corrected chi connectivity index (χ3v) is 2.24. The van der Waals surface area contributed by atoms with Crippen molar-refractivity contribution in [3.05, 3.63) is 0 Å². The summed E-state index contributed by atoms with van der Waals surface area (Å²) < 4.78 is 5.41. The highest BCUT2D eigenvalue weighted by molar-refractivity contribution is 5.81. The molecule has 1 atom stereocenters. The maximum Gasteiger partial charge on any atom is 0.229 e. The van der Waals surface area contributed by atoms with Crippen molar-refractivity contribution in [2.75, 3.05) is 13.2 Å². The lowest BCUT2D eigenvalue weighted by atomic mass is 9.94. The third kappa shape index (κ3) is 2.44. The van der Waals surface area contributed by atoms with Crippen molar-refractivity contribution in [2.45, 2.75) is 40.3 Å². The lowest BCUT2D eigenvalue weighted by molar-refractivity contribution is -0.160. The Kier molecular flexibility index (Phi) is 2.96. The van der Waals surface area contributed by atoms with E-state index in [1.54, 1.807) is 0 Å². The first kappa shape index (κ1) is 10.5. The zero-order valence-corrected chi connectivity index (χ0v) is 8.96. The largest absolute Gasteiger partial charge is 0.359 e. The molecular formula is C10H19NO2. The van der Waals surface area contributed by atoms with E-state index in [1.807, 2.05) is 32.6 Å². The molecule has 3 heteroatoms.